The average Bonchev–Trinajstić information content (AvgIpc) is 3.22. The molecule has 0 atom stereocenters. The number of likely N-dealkylation sites (N-methyl/N-ethyl adjacent to an activating group) is 1. The SMILES string of the molecule is CCN1CC(Oc2ccc(Cl)cc2)=NC(SCC(=O)Nc2ccc3c(c2)OCO3)=N1. The first-order valence-corrected chi connectivity index (χ1v) is 10.6. The van der Waals surface area contributed by atoms with Crippen LogP contribution in [0.4, 0.5) is 5.69 Å². The van der Waals surface area contributed by atoms with Crippen LogP contribution < -0.4 is 19.5 Å². The van der Waals surface area contributed by atoms with Crippen molar-refractivity contribution in [3.8, 4) is 17.2 Å². The van der Waals surface area contributed by atoms with Crippen molar-refractivity contribution in [1.29, 1.82) is 0 Å². The van der Waals surface area contributed by atoms with Crippen LogP contribution in [0.3, 0.4) is 0 Å². The fourth-order valence-corrected chi connectivity index (χ4v) is 3.51. The molecule has 2 aromatic carbocycles. The van der Waals surface area contributed by atoms with Crippen LogP contribution in [0.5, 0.6) is 17.2 Å². The summed E-state index contributed by atoms with van der Waals surface area (Å²) in [6, 6.07) is 12.3. The minimum absolute atomic E-state index is 0.155. The van der Waals surface area contributed by atoms with E-state index in [1.807, 2.05) is 11.9 Å². The van der Waals surface area contributed by atoms with Gasteiger partial charge in [-0.15, -0.1) is 5.10 Å². The summed E-state index contributed by atoms with van der Waals surface area (Å²) in [5.41, 5.74) is 0.640. The number of benzene rings is 2. The lowest BCUT2D eigenvalue weighted by Gasteiger charge is -2.23. The maximum atomic E-state index is 12.3. The van der Waals surface area contributed by atoms with Crippen molar-refractivity contribution in [2.24, 2.45) is 10.1 Å². The monoisotopic (exact) mass is 446 g/mol. The molecule has 0 unspecified atom stereocenters. The molecule has 0 spiro atoms. The second kappa shape index (κ2) is 9.27. The molecule has 2 aromatic rings. The molecule has 0 aliphatic carbocycles. The van der Waals surface area contributed by atoms with Crippen molar-refractivity contribution in [3.63, 3.8) is 0 Å². The van der Waals surface area contributed by atoms with Crippen molar-refractivity contribution >= 4 is 46.0 Å². The van der Waals surface area contributed by atoms with Crippen LogP contribution in [-0.4, -0.2) is 47.6 Å². The molecule has 2 heterocycles. The number of carbonyl (C=O) groups is 1. The van der Waals surface area contributed by atoms with Gasteiger partial charge in [0.05, 0.1) is 5.75 Å². The smallest absolute Gasteiger partial charge is 0.234 e. The highest BCUT2D eigenvalue weighted by molar-refractivity contribution is 8.14. The highest BCUT2D eigenvalue weighted by Crippen LogP contribution is 2.34. The van der Waals surface area contributed by atoms with Crippen molar-refractivity contribution in [2.75, 3.05) is 31.0 Å². The Kier molecular flexibility index (Phi) is 6.29. The molecule has 0 saturated carbocycles. The van der Waals surface area contributed by atoms with E-state index in [1.165, 1.54) is 11.8 Å². The van der Waals surface area contributed by atoms with E-state index < -0.39 is 0 Å². The van der Waals surface area contributed by atoms with Crippen molar-refractivity contribution in [1.82, 2.24) is 5.01 Å². The van der Waals surface area contributed by atoms with Crippen molar-refractivity contribution in [2.45, 2.75) is 6.92 Å². The quantitative estimate of drug-likeness (QED) is 0.751. The summed E-state index contributed by atoms with van der Waals surface area (Å²) in [5.74, 6) is 2.41. The lowest BCUT2D eigenvalue weighted by molar-refractivity contribution is -0.113. The number of halogens is 1. The van der Waals surface area contributed by atoms with Crippen LogP contribution in [-0.2, 0) is 4.79 Å². The Morgan fingerprint density at radius 2 is 2.03 bits per heavy atom. The summed E-state index contributed by atoms with van der Waals surface area (Å²) in [6.45, 7) is 3.32. The Morgan fingerprint density at radius 1 is 1.23 bits per heavy atom. The van der Waals surface area contributed by atoms with Crippen LogP contribution in [0.2, 0.25) is 5.02 Å². The minimum Gasteiger partial charge on any atom is -0.454 e. The standard InChI is InChI=1S/C20H19ClN4O4S/c1-2-25-10-19(29-15-6-3-13(21)4-7-15)23-20(24-25)30-11-18(26)22-14-5-8-16-17(9-14)28-12-27-16/h3-9H,2,10-12H2,1H3,(H,22,26). The molecule has 0 bridgehead atoms. The summed E-state index contributed by atoms with van der Waals surface area (Å²) >= 11 is 7.15. The number of hydrazone groups is 1. The topological polar surface area (TPSA) is 84.8 Å². The number of ether oxygens (including phenoxy) is 3. The Bertz CT molecular complexity index is 997. The number of carbonyl (C=O) groups excluding carboxylic acids is 1. The van der Waals surface area contributed by atoms with E-state index in [4.69, 9.17) is 25.8 Å². The molecule has 156 valence electrons. The molecular formula is C20H19ClN4O4S. The van der Waals surface area contributed by atoms with Gasteiger partial charge in [-0.25, -0.2) is 0 Å². The molecule has 10 heteroatoms. The first-order valence-electron chi connectivity index (χ1n) is 9.26. The third-order valence-electron chi connectivity index (χ3n) is 4.17. The summed E-state index contributed by atoms with van der Waals surface area (Å²) < 4.78 is 16.4. The molecule has 2 aliphatic heterocycles. The molecule has 1 N–H and O–H groups in total. The number of amides is 1. The first kappa shape index (κ1) is 20.4. The van der Waals surface area contributed by atoms with Crippen LogP contribution in [0.25, 0.3) is 0 Å². The second-order valence-electron chi connectivity index (χ2n) is 6.33. The molecule has 30 heavy (non-hydrogen) atoms. The number of aliphatic imine (C=N–C) groups is 1. The number of anilines is 1. The van der Waals surface area contributed by atoms with Gasteiger partial charge < -0.3 is 19.5 Å². The minimum atomic E-state index is -0.175. The molecule has 0 aromatic heterocycles. The number of thioether (sulfide) groups is 1. The molecule has 4 rings (SSSR count). The van der Waals surface area contributed by atoms with Gasteiger partial charge in [0.15, 0.2) is 11.5 Å². The Labute approximate surface area is 182 Å². The Hall–Kier alpha value is -2.91. The number of fused-ring (bicyclic) bond motifs is 1. The predicted molar refractivity (Wildman–Crippen MR) is 118 cm³/mol. The van der Waals surface area contributed by atoms with E-state index in [1.54, 1.807) is 42.5 Å². The van der Waals surface area contributed by atoms with Gasteiger partial charge in [0.25, 0.3) is 0 Å². The normalized spacial score (nSPS) is 14.8. The number of hydrogen-bond acceptors (Lipinski definition) is 8. The van der Waals surface area contributed by atoms with Gasteiger partial charge in [-0.2, -0.15) is 4.99 Å². The van der Waals surface area contributed by atoms with Crippen molar-refractivity contribution < 1.29 is 19.0 Å². The van der Waals surface area contributed by atoms with Gasteiger partial charge in [-0.3, -0.25) is 9.80 Å². The van der Waals surface area contributed by atoms with Crippen LogP contribution in [0.1, 0.15) is 6.92 Å². The van der Waals surface area contributed by atoms with Gasteiger partial charge in [0, 0.05) is 23.3 Å². The highest BCUT2D eigenvalue weighted by atomic mass is 35.5. The van der Waals surface area contributed by atoms with Crippen LogP contribution in [0.15, 0.2) is 52.6 Å². The van der Waals surface area contributed by atoms with E-state index in [0.717, 1.165) is 0 Å². The van der Waals surface area contributed by atoms with E-state index >= 15 is 0 Å². The summed E-state index contributed by atoms with van der Waals surface area (Å²) in [4.78, 5) is 16.8. The van der Waals surface area contributed by atoms with Gasteiger partial charge in [-0.05, 0) is 43.3 Å². The summed E-state index contributed by atoms with van der Waals surface area (Å²) in [7, 11) is 0. The molecule has 8 nitrogen and oxygen atoms in total. The zero-order valence-corrected chi connectivity index (χ0v) is 17.7. The fourth-order valence-electron chi connectivity index (χ4n) is 2.72. The molecule has 1 amide bonds. The lowest BCUT2D eigenvalue weighted by Crippen LogP contribution is -2.33. The van der Waals surface area contributed by atoms with Crippen molar-refractivity contribution in [3.05, 3.63) is 47.5 Å². The third-order valence-corrected chi connectivity index (χ3v) is 5.26. The zero-order chi connectivity index (χ0) is 20.9. The van der Waals surface area contributed by atoms with Crippen LogP contribution in [0, 0.1) is 0 Å². The second-order valence-corrected chi connectivity index (χ2v) is 7.71. The average molecular weight is 447 g/mol. The molecule has 0 radical (unpaired) electrons. The number of amidine groups is 1. The largest absolute Gasteiger partial charge is 0.454 e. The highest BCUT2D eigenvalue weighted by Gasteiger charge is 2.18. The predicted octanol–water partition coefficient (Wildman–Crippen LogP) is 3.82. The van der Waals surface area contributed by atoms with E-state index in [-0.39, 0.29) is 18.5 Å². The Balaban J connectivity index is 1.35. The number of hydrogen-bond donors (Lipinski definition) is 1. The fraction of sp³-hybridized carbons (Fsp3) is 0.250. The van der Waals surface area contributed by atoms with Gasteiger partial charge >= 0.3 is 0 Å². The van der Waals surface area contributed by atoms with E-state index in [9.17, 15) is 4.79 Å². The molecule has 0 saturated heterocycles. The first-order chi connectivity index (χ1) is 14.6. The Morgan fingerprint density at radius 3 is 2.83 bits per heavy atom. The molecular weight excluding hydrogens is 428 g/mol. The molecule has 0 fully saturated rings. The number of nitrogens with one attached hydrogen (secondary N) is 1. The third kappa shape index (κ3) is 5.17. The zero-order valence-electron chi connectivity index (χ0n) is 16.1. The summed E-state index contributed by atoms with van der Waals surface area (Å²) in [6.07, 6.45) is 0. The van der Waals surface area contributed by atoms with Gasteiger partial charge in [0.1, 0.15) is 12.3 Å². The maximum absolute atomic E-state index is 12.3. The van der Waals surface area contributed by atoms with E-state index in [2.05, 4.69) is 15.4 Å². The van der Waals surface area contributed by atoms with Crippen LogP contribution >= 0.6 is 23.4 Å². The number of rotatable bonds is 5. The lowest BCUT2D eigenvalue weighted by atomic mass is 10.3. The van der Waals surface area contributed by atoms with Gasteiger partial charge in [-0.1, -0.05) is 23.4 Å². The molecule has 2 aliphatic rings. The maximum Gasteiger partial charge on any atom is 0.234 e. The number of nitrogens with zero attached hydrogens (tertiary/aromatic N) is 3. The van der Waals surface area contributed by atoms with E-state index in [0.29, 0.717) is 52.1 Å². The summed E-state index contributed by atoms with van der Waals surface area (Å²) in [5, 5.41) is 10.2. The van der Waals surface area contributed by atoms with Gasteiger partial charge in [0.2, 0.25) is 23.8 Å².